The second kappa shape index (κ2) is 3.92. The van der Waals surface area contributed by atoms with E-state index in [4.69, 9.17) is 5.11 Å². The van der Waals surface area contributed by atoms with Crippen LogP contribution in [0.4, 0.5) is 0 Å². The summed E-state index contributed by atoms with van der Waals surface area (Å²) in [5.74, 6) is -1.76. The standard InChI is InChI=1S/C11H12N2O3/c1-13-9(14)5-8(11(15)16)10(13)7-3-2-4-12-6-7/h2-4,6,8,10H,5H2,1H3,(H,15,16)/t8-,10+/m1/s1. The van der Waals surface area contributed by atoms with E-state index in [-0.39, 0.29) is 12.3 Å². The molecule has 2 heterocycles. The summed E-state index contributed by atoms with van der Waals surface area (Å²) in [5, 5.41) is 9.08. The van der Waals surface area contributed by atoms with Crippen molar-refractivity contribution in [3.05, 3.63) is 30.1 Å². The van der Waals surface area contributed by atoms with Gasteiger partial charge in [0, 0.05) is 25.9 Å². The monoisotopic (exact) mass is 220 g/mol. The Balaban J connectivity index is 2.37. The van der Waals surface area contributed by atoms with Crippen molar-refractivity contribution in [1.82, 2.24) is 9.88 Å². The average Bonchev–Trinajstić information content (AvgIpc) is 2.57. The maximum atomic E-state index is 11.5. The number of carboxylic acids is 1. The van der Waals surface area contributed by atoms with Gasteiger partial charge in [0.05, 0.1) is 12.0 Å². The summed E-state index contributed by atoms with van der Waals surface area (Å²) in [5.41, 5.74) is 0.767. The van der Waals surface area contributed by atoms with Crippen molar-refractivity contribution < 1.29 is 14.7 Å². The fraction of sp³-hybridized carbons (Fsp3) is 0.364. The fourth-order valence-electron chi connectivity index (χ4n) is 2.10. The largest absolute Gasteiger partial charge is 0.481 e. The first-order chi connectivity index (χ1) is 7.61. The van der Waals surface area contributed by atoms with Crippen LogP contribution in [0.2, 0.25) is 0 Å². The quantitative estimate of drug-likeness (QED) is 0.795. The molecule has 0 spiro atoms. The highest BCUT2D eigenvalue weighted by molar-refractivity contribution is 5.87. The zero-order valence-electron chi connectivity index (χ0n) is 8.83. The molecule has 2 rings (SSSR count). The molecule has 2 atom stereocenters. The Labute approximate surface area is 92.7 Å². The molecule has 1 fully saturated rings. The third kappa shape index (κ3) is 1.64. The Bertz CT molecular complexity index is 418. The SMILES string of the molecule is CN1C(=O)C[C@@H](C(=O)O)[C@@H]1c1cccnc1. The van der Waals surface area contributed by atoms with E-state index in [2.05, 4.69) is 4.98 Å². The Hall–Kier alpha value is -1.91. The first-order valence-corrected chi connectivity index (χ1v) is 4.99. The summed E-state index contributed by atoms with van der Waals surface area (Å²) in [6, 6.07) is 3.13. The van der Waals surface area contributed by atoms with Gasteiger partial charge >= 0.3 is 5.97 Å². The number of hydrogen-bond donors (Lipinski definition) is 1. The number of aromatic nitrogens is 1. The van der Waals surface area contributed by atoms with E-state index in [1.54, 1.807) is 31.6 Å². The number of rotatable bonds is 2. The summed E-state index contributed by atoms with van der Waals surface area (Å²) >= 11 is 0. The van der Waals surface area contributed by atoms with Gasteiger partial charge in [-0.2, -0.15) is 0 Å². The van der Waals surface area contributed by atoms with E-state index >= 15 is 0 Å². The van der Waals surface area contributed by atoms with Crippen molar-refractivity contribution in [2.45, 2.75) is 12.5 Å². The molecule has 1 aliphatic heterocycles. The molecular formula is C11H12N2O3. The topological polar surface area (TPSA) is 70.5 Å². The lowest BCUT2D eigenvalue weighted by molar-refractivity contribution is -0.142. The van der Waals surface area contributed by atoms with E-state index in [0.717, 1.165) is 5.56 Å². The van der Waals surface area contributed by atoms with Gasteiger partial charge in [0.1, 0.15) is 0 Å². The van der Waals surface area contributed by atoms with Gasteiger partial charge < -0.3 is 10.0 Å². The van der Waals surface area contributed by atoms with Gasteiger partial charge in [-0.3, -0.25) is 14.6 Å². The molecule has 1 saturated heterocycles. The molecule has 84 valence electrons. The lowest BCUT2D eigenvalue weighted by Gasteiger charge is -2.22. The zero-order chi connectivity index (χ0) is 11.7. The molecule has 0 saturated carbocycles. The van der Waals surface area contributed by atoms with Crippen molar-refractivity contribution in [2.75, 3.05) is 7.05 Å². The molecule has 0 radical (unpaired) electrons. The number of carbonyl (C=O) groups is 2. The molecule has 0 aromatic carbocycles. The van der Waals surface area contributed by atoms with Gasteiger partial charge in [-0.25, -0.2) is 0 Å². The van der Waals surface area contributed by atoms with Crippen molar-refractivity contribution >= 4 is 11.9 Å². The molecule has 1 aromatic heterocycles. The van der Waals surface area contributed by atoms with Crippen molar-refractivity contribution in [3.63, 3.8) is 0 Å². The Morgan fingerprint density at radius 1 is 1.62 bits per heavy atom. The predicted octanol–water partition coefficient (Wildman–Crippen LogP) is 0.686. The Morgan fingerprint density at radius 2 is 2.38 bits per heavy atom. The van der Waals surface area contributed by atoms with Gasteiger partial charge in [-0.15, -0.1) is 0 Å². The summed E-state index contributed by atoms with van der Waals surface area (Å²) < 4.78 is 0. The number of carboxylic acid groups (broad SMARTS) is 1. The number of hydrogen-bond acceptors (Lipinski definition) is 3. The van der Waals surface area contributed by atoms with E-state index in [0.29, 0.717) is 0 Å². The lowest BCUT2D eigenvalue weighted by Crippen LogP contribution is -2.26. The minimum Gasteiger partial charge on any atom is -0.481 e. The molecule has 1 aromatic rings. The smallest absolute Gasteiger partial charge is 0.309 e. The van der Waals surface area contributed by atoms with E-state index in [1.807, 2.05) is 0 Å². The number of nitrogens with zero attached hydrogens (tertiary/aromatic N) is 2. The second-order valence-electron chi connectivity index (χ2n) is 3.88. The maximum absolute atomic E-state index is 11.5. The highest BCUT2D eigenvalue weighted by Gasteiger charge is 2.42. The third-order valence-electron chi connectivity index (χ3n) is 2.93. The van der Waals surface area contributed by atoms with Gasteiger partial charge in [-0.05, 0) is 11.6 Å². The van der Waals surface area contributed by atoms with Gasteiger partial charge in [0.25, 0.3) is 0 Å². The van der Waals surface area contributed by atoms with Crippen LogP contribution in [-0.4, -0.2) is 33.9 Å². The van der Waals surface area contributed by atoms with Crippen LogP contribution < -0.4 is 0 Å². The third-order valence-corrected chi connectivity index (χ3v) is 2.93. The van der Waals surface area contributed by atoms with Crippen LogP contribution in [0.1, 0.15) is 18.0 Å². The van der Waals surface area contributed by atoms with Crippen LogP contribution in [-0.2, 0) is 9.59 Å². The molecule has 0 aliphatic carbocycles. The van der Waals surface area contributed by atoms with Crippen LogP contribution in [0.25, 0.3) is 0 Å². The van der Waals surface area contributed by atoms with Gasteiger partial charge in [0.15, 0.2) is 0 Å². The number of amides is 1. The second-order valence-corrected chi connectivity index (χ2v) is 3.88. The first-order valence-electron chi connectivity index (χ1n) is 4.99. The highest BCUT2D eigenvalue weighted by Crippen LogP contribution is 2.36. The van der Waals surface area contributed by atoms with Crippen molar-refractivity contribution in [3.8, 4) is 0 Å². The molecule has 0 unspecified atom stereocenters. The average molecular weight is 220 g/mol. The molecular weight excluding hydrogens is 208 g/mol. The Kier molecular flexibility index (Phi) is 2.60. The summed E-state index contributed by atoms with van der Waals surface area (Å²) in [6.07, 6.45) is 3.29. The molecule has 0 bridgehead atoms. The number of aliphatic carboxylic acids is 1. The maximum Gasteiger partial charge on any atom is 0.309 e. The normalized spacial score (nSPS) is 24.8. The number of carbonyl (C=O) groups excluding carboxylic acids is 1. The van der Waals surface area contributed by atoms with Crippen LogP contribution >= 0.6 is 0 Å². The lowest BCUT2D eigenvalue weighted by atomic mass is 9.95. The van der Waals surface area contributed by atoms with Crippen LogP contribution in [0.15, 0.2) is 24.5 Å². The molecule has 16 heavy (non-hydrogen) atoms. The first kappa shape index (κ1) is 10.6. The van der Waals surface area contributed by atoms with Gasteiger partial charge in [0.2, 0.25) is 5.91 Å². The van der Waals surface area contributed by atoms with E-state index in [9.17, 15) is 9.59 Å². The summed E-state index contributed by atoms with van der Waals surface area (Å²) in [4.78, 5) is 28.0. The summed E-state index contributed by atoms with van der Waals surface area (Å²) in [6.45, 7) is 0. The number of likely N-dealkylation sites (tertiary alicyclic amines) is 1. The van der Waals surface area contributed by atoms with Crippen molar-refractivity contribution in [1.29, 1.82) is 0 Å². The Morgan fingerprint density at radius 3 is 2.94 bits per heavy atom. The fourth-order valence-corrected chi connectivity index (χ4v) is 2.10. The van der Waals surface area contributed by atoms with Gasteiger partial charge in [-0.1, -0.05) is 6.07 Å². The number of pyridine rings is 1. The summed E-state index contributed by atoms with van der Waals surface area (Å²) in [7, 11) is 1.63. The van der Waals surface area contributed by atoms with Crippen LogP contribution in [0.5, 0.6) is 0 Å². The molecule has 5 nitrogen and oxygen atoms in total. The van der Waals surface area contributed by atoms with Crippen molar-refractivity contribution in [2.24, 2.45) is 5.92 Å². The highest BCUT2D eigenvalue weighted by atomic mass is 16.4. The molecule has 1 amide bonds. The zero-order valence-corrected chi connectivity index (χ0v) is 8.83. The molecule has 5 heteroatoms. The minimum atomic E-state index is -0.938. The van der Waals surface area contributed by atoms with E-state index < -0.39 is 17.9 Å². The molecule has 1 aliphatic rings. The molecule has 1 N–H and O–H groups in total. The van der Waals surface area contributed by atoms with Crippen LogP contribution in [0.3, 0.4) is 0 Å². The minimum absolute atomic E-state index is 0.0609. The predicted molar refractivity (Wildman–Crippen MR) is 55.5 cm³/mol. The van der Waals surface area contributed by atoms with E-state index in [1.165, 1.54) is 4.90 Å². The van der Waals surface area contributed by atoms with Crippen LogP contribution in [0, 0.1) is 5.92 Å².